The van der Waals surface area contributed by atoms with Crippen LogP contribution < -0.4 is 5.32 Å². The van der Waals surface area contributed by atoms with Gasteiger partial charge in [0.2, 0.25) is 15.9 Å². The summed E-state index contributed by atoms with van der Waals surface area (Å²) in [4.78, 5) is 13.2. The number of hydrogen-bond donors (Lipinski definition) is 1. The number of benzene rings is 2. The molecule has 1 saturated heterocycles. The maximum Gasteiger partial charge on any atom is 0.243 e. The predicted octanol–water partition coefficient (Wildman–Crippen LogP) is 3.41. The molecular formula is C22H28N2O3S. The predicted molar refractivity (Wildman–Crippen MR) is 110 cm³/mol. The number of nitrogens with one attached hydrogen (secondary N) is 1. The van der Waals surface area contributed by atoms with Gasteiger partial charge in [-0.25, -0.2) is 8.42 Å². The van der Waals surface area contributed by atoms with Crippen LogP contribution in [0.5, 0.6) is 0 Å². The van der Waals surface area contributed by atoms with Crippen molar-refractivity contribution < 1.29 is 13.2 Å². The maximum atomic E-state index is 13.1. The van der Waals surface area contributed by atoms with Crippen molar-refractivity contribution in [2.45, 2.75) is 45.1 Å². The summed E-state index contributed by atoms with van der Waals surface area (Å²) in [5.41, 5.74) is 2.36. The van der Waals surface area contributed by atoms with Gasteiger partial charge in [-0.2, -0.15) is 4.31 Å². The van der Waals surface area contributed by atoms with E-state index in [-0.39, 0.29) is 17.3 Å². The number of hydrogen-bond acceptors (Lipinski definition) is 3. The first kappa shape index (κ1) is 20.6. The molecule has 6 heteroatoms. The van der Waals surface area contributed by atoms with E-state index >= 15 is 0 Å². The highest BCUT2D eigenvalue weighted by Crippen LogP contribution is 2.33. The van der Waals surface area contributed by atoms with E-state index in [1.165, 1.54) is 4.31 Å². The minimum atomic E-state index is -3.61. The van der Waals surface area contributed by atoms with Crippen molar-refractivity contribution in [2.24, 2.45) is 5.41 Å². The van der Waals surface area contributed by atoms with E-state index < -0.39 is 15.4 Å². The van der Waals surface area contributed by atoms with Crippen molar-refractivity contribution in [2.75, 3.05) is 13.1 Å². The van der Waals surface area contributed by atoms with Crippen LogP contribution in [0.2, 0.25) is 0 Å². The molecule has 0 unspecified atom stereocenters. The second kappa shape index (κ2) is 8.05. The molecular weight excluding hydrogens is 372 g/mol. The Hall–Kier alpha value is -2.18. The van der Waals surface area contributed by atoms with Gasteiger partial charge in [-0.3, -0.25) is 4.79 Å². The highest BCUT2D eigenvalue weighted by atomic mass is 32.2. The molecule has 0 saturated carbocycles. The minimum absolute atomic E-state index is 0.0973. The molecule has 1 atom stereocenters. The van der Waals surface area contributed by atoms with Gasteiger partial charge in [0.25, 0.3) is 0 Å². The quantitative estimate of drug-likeness (QED) is 0.836. The lowest BCUT2D eigenvalue weighted by Crippen LogP contribution is -2.51. The molecule has 1 amide bonds. The van der Waals surface area contributed by atoms with Crippen molar-refractivity contribution in [1.29, 1.82) is 0 Å². The summed E-state index contributed by atoms with van der Waals surface area (Å²) in [6.07, 6.45) is 1.34. The Morgan fingerprint density at radius 1 is 1.14 bits per heavy atom. The summed E-state index contributed by atoms with van der Waals surface area (Å²) in [5, 5.41) is 3.01. The third-order valence-corrected chi connectivity index (χ3v) is 7.38. The van der Waals surface area contributed by atoms with E-state index in [1.54, 1.807) is 18.2 Å². The van der Waals surface area contributed by atoms with Gasteiger partial charge in [-0.05, 0) is 62.4 Å². The first-order valence-corrected chi connectivity index (χ1v) is 11.1. The van der Waals surface area contributed by atoms with Gasteiger partial charge in [0.05, 0.1) is 10.3 Å². The molecule has 3 rings (SSSR count). The van der Waals surface area contributed by atoms with Gasteiger partial charge in [-0.1, -0.05) is 36.4 Å². The maximum absolute atomic E-state index is 13.1. The van der Waals surface area contributed by atoms with Crippen molar-refractivity contribution in [1.82, 2.24) is 9.62 Å². The monoisotopic (exact) mass is 400 g/mol. The van der Waals surface area contributed by atoms with Crippen LogP contribution >= 0.6 is 0 Å². The molecule has 1 N–H and O–H groups in total. The zero-order valence-corrected chi connectivity index (χ0v) is 17.6. The fourth-order valence-corrected chi connectivity index (χ4v) is 5.41. The Kier molecular flexibility index (Phi) is 5.91. The lowest BCUT2D eigenvalue weighted by molar-refractivity contribution is -0.132. The molecule has 0 bridgehead atoms. The van der Waals surface area contributed by atoms with Crippen LogP contribution in [0.25, 0.3) is 0 Å². The third kappa shape index (κ3) is 4.28. The van der Waals surface area contributed by atoms with Crippen LogP contribution in [0, 0.1) is 19.3 Å². The van der Waals surface area contributed by atoms with E-state index in [0.717, 1.165) is 16.7 Å². The molecule has 2 aromatic carbocycles. The summed E-state index contributed by atoms with van der Waals surface area (Å²) >= 11 is 0. The van der Waals surface area contributed by atoms with E-state index in [1.807, 2.05) is 51.1 Å². The van der Waals surface area contributed by atoms with E-state index in [4.69, 9.17) is 0 Å². The summed E-state index contributed by atoms with van der Waals surface area (Å²) in [5.74, 6) is -0.0973. The molecule has 2 aromatic rings. The number of amides is 1. The van der Waals surface area contributed by atoms with Gasteiger partial charge in [0.1, 0.15) is 0 Å². The van der Waals surface area contributed by atoms with Crippen LogP contribution in [-0.2, 0) is 21.4 Å². The SMILES string of the molecule is Cc1cccc(S(=O)(=O)N2CCC[C@@](C)(C(=O)NCc3ccccc3C)C2)c1. The fourth-order valence-electron chi connectivity index (χ4n) is 3.71. The Balaban J connectivity index is 1.74. The second-order valence-electron chi connectivity index (χ2n) is 7.93. The Bertz CT molecular complexity index is 971. The van der Waals surface area contributed by atoms with Gasteiger partial charge in [-0.15, -0.1) is 0 Å². The number of aryl methyl sites for hydroxylation is 2. The van der Waals surface area contributed by atoms with Crippen LogP contribution in [0.1, 0.15) is 36.5 Å². The average molecular weight is 401 g/mol. The summed E-state index contributed by atoms with van der Waals surface area (Å²) < 4.78 is 27.6. The fraction of sp³-hybridized carbons (Fsp3) is 0.409. The molecule has 1 aliphatic heterocycles. The largest absolute Gasteiger partial charge is 0.352 e. The number of nitrogens with zero attached hydrogens (tertiary/aromatic N) is 1. The molecule has 0 spiro atoms. The molecule has 150 valence electrons. The van der Waals surface area contributed by atoms with Gasteiger partial charge < -0.3 is 5.32 Å². The van der Waals surface area contributed by atoms with Crippen molar-refractivity contribution in [3.8, 4) is 0 Å². The van der Waals surface area contributed by atoms with Crippen molar-refractivity contribution in [3.05, 3.63) is 65.2 Å². The Morgan fingerprint density at radius 3 is 2.61 bits per heavy atom. The molecule has 0 aliphatic carbocycles. The number of rotatable bonds is 5. The number of sulfonamides is 1. The first-order chi connectivity index (χ1) is 13.2. The summed E-state index contributed by atoms with van der Waals surface area (Å²) in [6.45, 7) is 6.84. The minimum Gasteiger partial charge on any atom is -0.352 e. The molecule has 0 radical (unpaired) electrons. The number of piperidine rings is 1. The van der Waals surface area contributed by atoms with Gasteiger partial charge >= 0.3 is 0 Å². The van der Waals surface area contributed by atoms with Crippen molar-refractivity contribution in [3.63, 3.8) is 0 Å². The highest BCUT2D eigenvalue weighted by Gasteiger charge is 2.41. The lowest BCUT2D eigenvalue weighted by Gasteiger charge is -2.38. The number of carbonyl (C=O) groups is 1. The number of carbonyl (C=O) groups excluding carboxylic acids is 1. The average Bonchev–Trinajstić information content (AvgIpc) is 2.67. The summed E-state index contributed by atoms with van der Waals surface area (Å²) in [7, 11) is -3.61. The van der Waals surface area contributed by atoms with Crippen molar-refractivity contribution >= 4 is 15.9 Å². The Labute approximate surface area is 167 Å². The third-order valence-electron chi connectivity index (χ3n) is 5.54. The molecule has 0 aromatic heterocycles. The van der Waals surface area contributed by atoms with Gasteiger partial charge in [0.15, 0.2) is 0 Å². The lowest BCUT2D eigenvalue weighted by atomic mass is 9.82. The smallest absolute Gasteiger partial charge is 0.243 e. The van der Waals surface area contributed by atoms with Crippen LogP contribution in [0.4, 0.5) is 0 Å². The zero-order valence-electron chi connectivity index (χ0n) is 16.7. The van der Waals surface area contributed by atoms with Crippen LogP contribution in [-0.4, -0.2) is 31.7 Å². The van der Waals surface area contributed by atoms with Gasteiger partial charge in [0, 0.05) is 19.6 Å². The Morgan fingerprint density at radius 2 is 1.89 bits per heavy atom. The molecule has 28 heavy (non-hydrogen) atoms. The topological polar surface area (TPSA) is 66.5 Å². The molecule has 1 heterocycles. The zero-order chi connectivity index (χ0) is 20.4. The van der Waals surface area contributed by atoms with Crippen LogP contribution in [0.3, 0.4) is 0 Å². The molecule has 5 nitrogen and oxygen atoms in total. The first-order valence-electron chi connectivity index (χ1n) is 9.62. The molecule has 1 aliphatic rings. The van der Waals surface area contributed by atoms with E-state index in [9.17, 15) is 13.2 Å². The second-order valence-corrected chi connectivity index (χ2v) is 9.87. The normalized spacial score (nSPS) is 20.7. The molecule has 1 fully saturated rings. The van der Waals surface area contributed by atoms with E-state index in [2.05, 4.69) is 5.32 Å². The highest BCUT2D eigenvalue weighted by molar-refractivity contribution is 7.89. The standard InChI is InChI=1S/C22H28N2O3S/c1-17-8-6-11-20(14-17)28(26,27)24-13-7-12-22(3,16-24)21(25)23-15-19-10-5-4-9-18(19)2/h4-6,8-11,14H,7,12-13,15-16H2,1-3H3,(H,23,25)/t22-/m1/s1. The summed E-state index contributed by atoms with van der Waals surface area (Å²) in [6, 6.07) is 14.8. The van der Waals surface area contributed by atoms with Crippen LogP contribution in [0.15, 0.2) is 53.4 Å². The van der Waals surface area contributed by atoms with E-state index in [0.29, 0.717) is 25.9 Å².